The Morgan fingerprint density at radius 2 is 1.75 bits per heavy atom. The summed E-state index contributed by atoms with van der Waals surface area (Å²) in [6.45, 7) is 2.87. The minimum Gasteiger partial charge on any atom is -0.339 e. The standard InChI is InChI=1S/C17H19F2N5/c18-14-8-20-9-15(19)13(14)10-23-6-2-12-3-7-24(11-16(12)23)17-21-4-1-5-22-17/h1,4-5,8-9,12,16H,2-3,6-7,10-11H2. The van der Waals surface area contributed by atoms with E-state index in [0.29, 0.717) is 5.92 Å². The fourth-order valence-electron chi connectivity index (χ4n) is 3.85. The van der Waals surface area contributed by atoms with Gasteiger partial charge in [0, 0.05) is 43.6 Å². The number of aromatic nitrogens is 3. The molecule has 0 bridgehead atoms. The maximum Gasteiger partial charge on any atom is 0.225 e. The highest BCUT2D eigenvalue weighted by Crippen LogP contribution is 2.34. The van der Waals surface area contributed by atoms with Crippen LogP contribution >= 0.6 is 0 Å². The van der Waals surface area contributed by atoms with Gasteiger partial charge in [0.2, 0.25) is 5.95 Å². The van der Waals surface area contributed by atoms with Gasteiger partial charge in [-0.3, -0.25) is 9.88 Å². The van der Waals surface area contributed by atoms with Crippen LogP contribution < -0.4 is 4.90 Å². The molecule has 0 amide bonds. The Morgan fingerprint density at radius 1 is 1.04 bits per heavy atom. The summed E-state index contributed by atoms with van der Waals surface area (Å²) in [6.07, 6.45) is 7.77. The van der Waals surface area contributed by atoms with Gasteiger partial charge < -0.3 is 4.90 Å². The third kappa shape index (κ3) is 2.84. The summed E-state index contributed by atoms with van der Waals surface area (Å²) < 4.78 is 27.8. The highest BCUT2D eigenvalue weighted by atomic mass is 19.1. The summed E-state index contributed by atoms with van der Waals surface area (Å²) in [6, 6.07) is 2.07. The Balaban J connectivity index is 1.52. The van der Waals surface area contributed by atoms with Crippen molar-refractivity contribution in [1.29, 1.82) is 0 Å². The van der Waals surface area contributed by atoms with Crippen LogP contribution in [0.4, 0.5) is 14.7 Å². The first-order valence-corrected chi connectivity index (χ1v) is 8.26. The Hall–Kier alpha value is -2.15. The second-order valence-electron chi connectivity index (χ2n) is 6.45. The van der Waals surface area contributed by atoms with Crippen molar-refractivity contribution in [2.45, 2.75) is 25.4 Å². The van der Waals surface area contributed by atoms with Crippen LogP contribution in [0, 0.1) is 17.6 Å². The van der Waals surface area contributed by atoms with Crippen LogP contribution in [0.3, 0.4) is 0 Å². The Morgan fingerprint density at radius 3 is 2.50 bits per heavy atom. The zero-order chi connectivity index (χ0) is 16.5. The predicted molar refractivity (Wildman–Crippen MR) is 85.3 cm³/mol. The summed E-state index contributed by atoms with van der Waals surface area (Å²) >= 11 is 0. The molecule has 0 spiro atoms. The van der Waals surface area contributed by atoms with E-state index in [-0.39, 0.29) is 18.2 Å². The molecule has 0 N–H and O–H groups in total. The van der Waals surface area contributed by atoms with Crippen LogP contribution in [0.15, 0.2) is 30.9 Å². The number of likely N-dealkylation sites (tertiary alicyclic amines) is 1. The molecule has 126 valence electrons. The van der Waals surface area contributed by atoms with Gasteiger partial charge >= 0.3 is 0 Å². The van der Waals surface area contributed by atoms with Crippen LogP contribution in [0.1, 0.15) is 18.4 Å². The zero-order valence-corrected chi connectivity index (χ0v) is 13.3. The van der Waals surface area contributed by atoms with Crippen molar-refractivity contribution in [3.63, 3.8) is 0 Å². The van der Waals surface area contributed by atoms with Gasteiger partial charge in [-0.1, -0.05) is 0 Å². The predicted octanol–water partition coefficient (Wildman–Crippen LogP) is 2.25. The van der Waals surface area contributed by atoms with E-state index in [2.05, 4.69) is 24.8 Å². The monoisotopic (exact) mass is 331 g/mol. The van der Waals surface area contributed by atoms with Gasteiger partial charge in [-0.15, -0.1) is 0 Å². The summed E-state index contributed by atoms with van der Waals surface area (Å²) in [7, 11) is 0. The van der Waals surface area contributed by atoms with E-state index in [1.807, 2.05) is 0 Å². The Bertz CT molecular complexity index is 691. The smallest absolute Gasteiger partial charge is 0.225 e. The third-order valence-corrected chi connectivity index (χ3v) is 5.13. The third-order valence-electron chi connectivity index (χ3n) is 5.13. The molecule has 5 nitrogen and oxygen atoms in total. The molecule has 4 rings (SSSR count). The number of hydrogen-bond donors (Lipinski definition) is 0. The molecule has 2 atom stereocenters. The van der Waals surface area contributed by atoms with Crippen molar-refractivity contribution in [1.82, 2.24) is 19.9 Å². The molecule has 7 heteroatoms. The van der Waals surface area contributed by atoms with Crippen LogP contribution in [-0.2, 0) is 6.54 Å². The van der Waals surface area contributed by atoms with E-state index in [1.165, 1.54) is 0 Å². The number of pyridine rings is 1. The van der Waals surface area contributed by atoms with E-state index < -0.39 is 11.6 Å². The van der Waals surface area contributed by atoms with Crippen LogP contribution in [0.5, 0.6) is 0 Å². The molecule has 24 heavy (non-hydrogen) atoms. The highest BCUT2D eigenvalue weighted by molar-refractivity contribution is 5.30. The van der Waals surface area contributed by atoms with Crippen LogP contribution in [0.25, 0.3) is 0 Å². The fourth-order valence-corrected chi connectivity index (χ4v) is 3.85. The average molecular weight is 331 g/mol. The summed E-state index contributed by atoms with van der Waals surface area (Å²) in [5.74, 6) is 0.150. The molecule has 2 aromatic rings. The van der Waals surface area contributed by atoms with E-state index in [0.717, 1.165) is 50.8 Å². The summed E-state index contributed by atoms with van der Waals surface area (Å²) in [4.78, 5) is 16.5. The number of piperidine rings is 1. The lowest BCUT2D eigenvalue weighted by Gasteiger charge is -2.38. The summed E-state index contributed by atoms with van der Waals surface area (Å²) in [5.41, 5.74) is 0.110. The second kappa shape index (κ2) is 6.39. The van der Waals surface area contributed by atoms with Crippen molar-refractivity contribution in [2.75, 3.05) is 24.5 Å². The van der Waals surface area contributed by atoms with E-state index >= 15 is 0 Å². The molecule has 0 aliphatic carbocycles. The first-order chi connectivity index (χ1) is 11.7. The second-order valence-corrected chi connectivity index (χ2v) is 6.45. The average Bonchev–Trinajstić information content (AvgIpc) is 3.01. The van der Waals surface area contributed by atoms with Crippen molar-refractivity contribution in [3.05, 3.63) is 48.1 Å². The lowest BCUT2D eigenvalue weighted by atomic mass is 9.92. The molecule has 2 aliphatic heterocycles. The van der Waals surface area contributed by atoms with Gasteiger partial charge in [-0.05, 0) is 31.4 Å². The van der Waals surface area contributed by atoms with Crippen molar-refractivity contribution in [2.24, 2.45) is 5.92 Å². The molecule has 2 aliphatic rings. The number of halogens is 2. The minimum atomic E-state index is -0.572. The van der Waals surface area contributed by atoms with Gasteiger partial charge in [-0.25, -0.2) is 18.7 Å². The number of nitrogens with zero attached hydrogens (tertiary/aromatic N) is 5. The first-order valence-electron chi connectivity index (χ1n) is 8.26. The maximum absolute atomic E-state index is 13.9. The Kier molecular flexibility index (Phi) is 4.10. The van der Waals surface area contributed by atoms with Gasteiger partial charge in [0.05, 0.1) is 12.4 Å². The molecular formula is C17H19F2N5. The van der Waals surface area contributed by atoms with E-state index in [1.54, 1.807) is 18.5 Å². The molecule has 2 aromatic heterocycles. The van der Waals surface area contributed by atoms with Crippen molar-refractivity contribution < 1.29 is 8.78 Å². The molecule has 2 unspecified atom stereocenters. The zero-order valence-electron chi connectivity index (χ0n) is 13.3. The molecule has 4 heterocycles. The topological polar surface area (TPSA) is 45.2 Å². The molecule has 0 radical (unpaired) electrons. The number of rotatable bonds is 3. The molecule has 2 saturated heterocycles. The molecule has 2 fully saturated rings. The Labute approximate surface area is 139 Å². The number of anilines is 1. The molecule has 0 saturated carbocycles. The molecule has 0 aromatic carbocycles. The summed E-state index contributed by atoms with van der Waals surface area (Å²) in [5, 5.41) is 0. The van der Waals surface area contributed by atoms with Crippen LogP contribution in [-0.4, -0.2) is 45.5 Å². The number of fused-ring (bicyclic) bond motifs is 1. The van der Waals surface area contributed by atoms with Crippen molar-refractivity contribution >= 4 is 5.95 Å². The lowest BCUT2D eigenvalue weighted by molar-refractivity contribution is 0.195. The first kappa shape index (κ1) is 15.4. The quantitative estimate of drug-likeness (QED) is 0.863. The van der Waals surface area contributed by atoms with Crippen molar-refractivity contribution in [3.8, 4) is 0 Å². The van der Waals surface area contributed by atoms with Crippen LogP contribution in [0.2, 0.25) is 0 Å². The SMILES string of the molecule is Fc1cncc(F)c1CN1CCC2CCN(c3ncccn3)CC21. The van der Waals surface area contributed by atoms with E-state index in [4.69, 9.17) is 0 Å². The van der Waals surface area contributed by atoms with Gasteiger partial charge in [0.25, 0.3) is 0 Å². The van der Waals surface area contributed by atoms with E-state index in [9.17, 15) is 8.78 Å². The van der Waals surface area contributed by atoms with Gasteiger partial charge in [0.1, 0.15) is 11.6 Å². The fraction of sp³-hybridized carbons (Fsp3) is 0.471. The normalized spacial score (nSPS) is 24.2. The largest absolute Gasteiger partial charge is 0.339 e. The maximum atomic E-state index is 13.9. The number of hydrogen-bond acceptors (Lipinski definition) is 5. The van der Waals surface area contributed by atoms with Gasteiger partial charge in [-0.2, -0.15) is 0 Å². The molecular weight excluding hydrogens is 312 g/mol. The lowest BCUT2D eigenvalue weighted by Crippen LogP contribution is -2.48. The highest BCUT2D eigenvalue weighted by Gasteiger charge is 2.39. The minimum absolute atomic E-state index is 0.110. The van der Waals surface area contributed by atoms with Gasteiger partial charge in [0.15, 0.2) is 0 Å².